The molecule has 102 valence electrons. The number of carboxylic acids is 1. The van der Waals surface area contributed by atoms with Gasteiger partial charge >= 0.3 is 12.0 Å². The Labute approximate surface area is 107 Å². The number of amides is 2. The van der Waals surface area contributed by atoms with Crippen LogP contribution in [0.5, 0.6) is 0 Å². The molecular formula is C13H22N2O3. The van der Waals surface area contributed by atoms with E-state index in [0.717, 1.165) is 12.3 Å². The molecule has 0 heterocycles. The maximum absolute atomic E-state index is 11.7. The van der Waals surface area contributed by atoms with E-state index in [1.165, 1.54) is 12.8 Å². The zero-order chi connectivity index (χ0) is 13.1. The monoisotopic (exact) mass is 254 g/mol. The fraction of sp³-hybridized carbons (Fsp3) is 0.846. The first-order chi connectivity index (χ1) is 8.56. The number of rotatable bonds is 5. The molecule has 0 radical (unpaired) electrons. The molecule has 0 aromatic carbocycles. The number of hydrogen-bond donors (Lipinski definition) is 3. The van der Waals surface area contributed by atoms with E-state index < -0.39 is 5.97 Å². The second-order valence-corrected chi connectivity index (χ2v) is 5.71. The largest absolute Gasteiger partial charge is 0.481 e. The fourth-order valence-electron chi connectivity index (χ4n) is 2.66. The van der Waals surface area contributed by atoms with Crippen molar-refractivity contribution < 1.29 is 14.7 Å². The van der Waals surface area contributed by atoms with E-state index in [2.05, 4.69) is 17.6 Å². The quantitative estimate of drug-likeness (QED) is 0.697. The summed E-state index contributed by atoms with van der Waals surface area (Å²) in [5.41, 5.74) is 0. The van der Waals surface area contributed by atoms with Gasteiger partial charge in [0.25, 0.3) is 0 Å². The third-order valence-corrected chi connectivity index (χ3v) is 4.13. The van der Waals surface area contributed by atoms with Crippen LogP contribution >= 0.6 is 0 Å². The van der Waals surface area contributed by atoms with Crippen molar-refractivity contribution in [1.82, 2.24) is 10.6 Å². The average molecular weight is 254 g/mol. The Kier molecular flexibility index (Phi) is 4.09. The van der Waals surface area contributed by atoms with E-state index >= 15 is 0 Å². The van der Waals surface area contributed by atoms with Crippen molar-refractivity contribution in [2.24, 2.45) is 17.8 Å². The lowest BCUT2D eigenvalue weighted by Gasteiger charge is -2.15. The second kappa shape index (κ2) is 5.59. The van der Waals surface area contributed by atoms with Gasteiger partial charge in [-0.15, -0.1) is 0 Å². The van der Waals surface area contributed by atoms with Crippen LogP contribution in [0.15, 0.2) is 0 Å². The minimum absolute atomic E-state index is 0.0160. The van der Waals surface area contributed by atoms with Gasteiger partial charge in [0.1, 0.15) is 0 Å². The van der Waals surface area contributed by atoms with Gasteiger partial charge in [-0.1, -0.05) is 6.92 Å². The van der Waals surface area contributed by atoms with Crippen LogP contribution in [0.1, 0.15) is 39.0 Å². The zero-order valence-electron chi connectivity index (χ0n) is 10.8. The van der Waals surface area contributed by atoms with Crippen molar-refractivity contribution in [1.29, 1.82) is 0 Å². The van der Waals surface area contributed by atoms with Crippen LogP contribution in [0.4, 0.5) is 4.79 Å². The van der Waals surface area contributed by atoms with Crippen LogP contribution in [0.25, 0.3) is 0 Å². The number of aliphatic carboxylic acids is 1. The summed E-state index contributed by atoms with van der Waals surface area (Å²) in [6.07, 6.45) is 4.56. The number of hydrogen-bond acceptors (Lipinski definition) is 2. The van der Waals surface area contributed by atoms with Crippen LogP contribution in [0, 0.1) is 17.8 Å². The molecule has 2 aliphatic carbocycles. The van der Waals surface area contributed by atoms with Gasteiger partial charge in [-0.3, -0.25) is 4.79 Å². The molecule has 0 aromatic heterocycles. The van der Waals surface area contributed by atoms with Gasteiger partial charge < -0.3 is 15.7 Å². The molecule has 0 spiro atoms. The molecule has 0 aliphatic heterocycles. The highest BCUT2D eigenvalue weighted by atomic mass is 16.4. The Morgan fingerprint density at radius 3 is 2.56 bits per heavy atom. The molecule has 0 bridgehead atoms. The third-order valence-electron chi connectivity index (χ3n) is 4.13. The zero-order valence-corrected chi connectivity index (χ0v) is 10.8. The van der Waals surface area contributed by atoms with Crippen molar-refractivity contribution in [2.45, 2.75) is 45.1 Å². The van der Waals surface area contributed by atoms with Crippen molar-refractivity contribution >= 4 is 12.0 Å². The van der Waals surface area contributed by atoms with Crippen molar-refractivity contribution in [2.75, 3.05) is 6.54 Å². The predicted molar refractivity (Wildman–Crippen MR) is 67.2 cm³/mol. The highest BCUT2D eigenvalue weighted by molar-refractivity contribution is 5.75. The summed E-state index contributed by atoms with van der Waals surface area (Å²) >= 11 is 0. The first kappa shape index (κ1) is 13.2. The van der Waals surface area contributed by atoms with Crippen LogP contribution in [0.2, 0.25) is 0 Å². The minimum Gasteiger partial charge on any atom is -0.481 e. The first-order valence-corrected chi connectivity index (χ1v) is 6.83. The van der Waals surface area contributed by atoms with Gasteiger partial charge in [-0.2, -0.15) is 0 Å². The highest BCUT2D eigenvalue weighted by Gasteiger charge is 2.31. The molecule has 2 saturated carbocycles. The summed E-state index contributed by atoms with van der Waals surface area (Å²) in [5.74, 6) is 0.294. The minimum atomic E-state index is -0.748. The van der Waals surface area contributed by atoms with E-state index in [9.17, 15) is 9.59 Å². The molecule has 18 heavy (non-hydrogen) atoms. The molecule has 5 nitrogen and oxygen atoms in total. The van der Waals surface area contributed by atoms with E-state index in [1.54, 1.807) is 0 Å². The Bertz CT molecular complexity index is 328. The summed E-state index contributed by atoms with van der Waals surface area (Å²) < 4.78 is 0. The van der Waals surface area contributed by atoms with Gasteiger partial charge in [-0.25, -0.2) is 4.79 Å². The third kappa shape index (κ3) is 3.62. The number of urea groups is 1. The number of carboxylic acid groups (broad SMARTS) is 1. The van der Waals surface area contributed by atoms with E-state index in [0.29, 0.717) is 25.3 Å². The van der Waals surface area contributed by atoms with Gasteiger partial charge in [0.05, 0.1) is 5.92 Å². The molecule has 2 rings (SSSR count). The molecule has 0 saturated heterocycles. The predicted octanol–water partition coefficient (Wildman–Crippen LogP) is 1.58. The van der Waals surface area contributed by atoms with E-state index in [4.69, 9.17) is 5.11 Å². The van der Waals surface area contributed by atoms with Crippen molar-refractivity contribution in [3.05, 3.63) is 0 Å². The summed E-state index contributed by atoms with van der Waals surface area (Å²) in [5, 5.41) is 14.6. The molecule has 0 aromatic rings. The standard InChI is InChI=1S/C13H22N2O3/c1-8(9-2-3-9)7-14-13(18)15-11-5-4-10(6-11)12(16)17/h8-11H,2-7H2,1H3,(H,16,17)(H2,14,15,18)/t8?,10-,11+/m1/s1. The van der Waals surface area contributed by atoms with Gasteiger partial charge in [0.2, 0.25) is 0 Å². The number of carbonyl (C=O) groups is 2. The molecule has 2 aliphatic rings. The molecule has 2 fully saturated rings. The van der Waals surface area contributed by atoms with E-state index in [1.807, 2.05) is 0 Å². The number of carbonyl (C=O) groups excluding carboxylic acids is 1. The van der Waals surface area contributed by atoms with Crippen LogP contribution in [0.3, 0.4) is 0 Å². The highest BCUT2D eigenvalue weighted by Crippen LogP contribution is 2.36. The molecule has 3 atom stereocenters. The van der Waals surface area contributed by atoms with Crippen molar-refractivity contribution in [3.8, 4) is 0 Å². The van der Waals surface area contributed by atoms with Crippen molar-refractivity contribution in [3.63, 3.8) is 0 Å². The molecule has 3 N–H and O–H groups in total. The molecular weight excluding hydrogens is 232 g/mol. The topological polar surface area (TPSA) is 78.4 Å². The smallest absolute Gasteiger partial charge is 0.315 e. The summed E-state index contributed by atoms with van der Waals surface area (Å²) in [6, 6.07) is -0.138. The molecule has 5 heteroatoms. The molecule has 2 amide bonds. The fourth-order valence-corrected chi connectivity index (χ4v) is 2.66. The molecule has 1 unspecified atom stereocenters. The first-order valence-electron chi connectivity index (χ1n) is 6.83. The Morgan fingerprint density at radius 1 is 1.28 bits per heavy atom. The average Bonchev–Trinajstić information content (AvgIpc) is 3.07. The Balaban J connectivity index is 1.63. The van der Waals surface area contributed by atoms with Crippen LogP contribution < -0.4 is 10.6 Å². The second-order valence-electron chi connectivity index (χ2n) is 5.71. The Hall–Kier alpha value is -1.26. The van der Waals surface area contributed by atoms with E-state index in [-0.39, 0.29) is 18.0 Å². The maximum atomic E-state index is 11.7. The van der Waals surface area contributed by atoms with Gasteiger partial charge in [-0.05, 0) is 43.9 Å². The maximum Gasteiger partial charge on any atom is 0.315 e. The van der Waals surface area contributed by atoms with Crippen LogP contribution in [-0.4, -0.2) is 29.7 Å². The SMILES string of the molecule is CC(CNC(=O)N[C@H]1CC[C@@H](C(=O)O)C1)C1CC1. The summed E-state index contributed by atoms with van der Waals surface area (Å²) in [6.45, 7) is 2.87. The summed E-state index contributed by atoms with van der Waals surface area (Å²) in [4.78, 5) is 22.5. The normalized spacial score (nSPS) is 28.7. The lowest BCUT2D eigenvalue weighted by Crippen LogP contribution is -2.42. The van der Waals surface area contributed by atoms with Gasteiger partial charge in [0.15, 0.2) is 0 Å². The van der Waals surface area contributed by atoms with Gasteiger partial charge in [0, 0.05) is 12.6 Å². The summed E-state index contributed by atoms with van der Waals surface area (Å²) in [7, 11) is 0. The van der Waals surface area contributed by atoms with Crippen LogP contribution in [-0.2, 0) is 4.79 Å². The lowest BCUT2D eigenvalue weighted by atomic mass is 10.1. The Morgan fingerprint density at radius 2 is 2.00 bits per heavy atom. The number of nitrogens with one attached hydrogen (secondary N) is 2. The lowest BCUT2D eigenvalue weighted by molar-refractivity contribution is -0.141.